The molecular formula is C17H15ClN2O3S. The molecule has 0 unspecified atom stereocenters. The molecule has 3 aromatic rings. The van der Waals surface area contributed by atoms with Crippen molar-refractivity contribution in [3.8, 4) is 23.0 Å². The Balaban J connectivity index is 1.50. The number of nitrogens with zero attached hydrogens (tertiary/aromatic N) is 2. The van der Waals surface area contributed by atoms with Gasteiger partial charge in [-0.15, -0.1) is 10.2 Å². The molecule has 0 fully saturated rings. The van der Waals surface area contributed by atoms with Gasteiger partial charge in [-0.1, -0.05) is 29.4 Å². The molecule has 0 aliphatic heterocycles. The molecule has 0 spiro atoms. The zero-order chi connectivity index (χ0) is 16.8. The van der Waals surface area contributed by atoms with Crippen molar-refractivity contribution in [2.45, 2.75) is 5.22 Å². The van der Waals surface area contributed by atoms with Gasteiger partial charge in [0.05, 0.1) is 13.7 Å². The molecule has 7 heteroatoms. The zero-order valence-corrected chi connectivity index (χ0v) is 14.5. The lowest BCUT2D eigenvalue weighted by Gasteiger charge is -2.04. The Kier molecular flexibility index (Phi) is 5.61. The largest absolute Gasteiger partial charge is 0.497 e. The summed E-state index contributed by atoms with van der Waals surface area (Å²) in [4.78, 5) is 0. The Labute approximate surface area is 148 Å². The monoisotopic (exact) mass is 362 g/mol. The molecule has 1 heterocycles. The van der Waals surface area contributed by atoms with Crippen molar-refractivity contribution < 1.29 is 13.9 Å². The van der Waals surface area contributed by atoms with Gasteiger partial charge in [0, 0.05) is 16.3 Å². The van der Waals surface area contributed by atoms with Crippen LogP contribution in [0.1, 0.15) is 0 Å². The minimum Gasteiger partial charge on any atom is -0.497 e. The number of hydrogen-bond donors (Lipinski definition) is 0. The molecule has 0 amide bonds. The molecule has 1 aromatic heterocycles. The summed E-state index contributed by atoms with van der Waals surface area (Å²) < 4.78 is 16.4. The fourth-order valence-electron chi connectivity index (χ4n) is 1.96. The highest BCUT2D eigenvalue weighted by atomic mass is 35.5. The van der Waals surface area contributed by atoms with Gasteiger partial charge in [-0.3, -0.25) is 0 Å². The van der Waals surface area contributed by atoms with Crippen molar-refractivity contribution >= 4 is 23.4 Å². The first-order valence-electron chi connectivity index (χ1n) is 7.24. The van der Waals surface area contributed by atoms with Crippen LogP contribution in [-0.4, -0.2) is 29.7 Å². The topological polar surface area (TPSA) is 57.4 Å². The molecule has 0 saturated heterocycles. The number of benzene rings is 2. The Hall–Kier alpha value is -2.18. The summed E-state index contributed by atoms with van der Waals surface area (Å²) in [6.07, 6.45) is 0. The van der Waals surface area contributed by atoms with Gasteiger partial charge in [0.2, 0.25) is 5.89 Å². The van der Waals surface area contributed by atoms with Crippen LogP contribution in [0.2, 0.25) is 5.02 Å². The molecule has 3 rings (SSSR count). The van der Waals surface area contributed by atoms with E-state index in [0.29, 0.717) is 28.5 Å². The second kappa shape index (κ2) is 8.08. The number of thioether (sulfide) groups is 1. The van der Waals surface area contributed by atoms with Gasteiger partial charge in [0.15, 0.2) is 0 Å². The Morgan fingerprint density at radius 2 is 1.92 bits per heavy atom. The summed E-state index contributed by atoms with van der Waals surface area (Å²) in [5, 5.41) is 9.25. The van der Waals surface area contributed by atoms with Gasteiger partial charge >= 0.3 is 0 Å². The first-order valence-corrected chi connectivity index (χ1v) is 8.60. The second-order valence-electron chi connectivity index (χ2n) is 4.76. The van der Waals surface area contributed by atoms with E-state index in [-0.39, 0.29) is 0 Å². The van der Waals surface area contributed by atoms with Crippen molar-refractivity contribution in [3.63, 3.8) is 0 Å². The number of ether oxygens (including phenoxy) is 2. The maximum Gasteiger partial charge on any atom is 0.276 e. The molecule has 2 aromatic carbocycles. The number of aromatic nitrogens is 2. The van der Waals surface area contributed by atoms with E-state index in [2.05, 4.69) is 10.2 Å². The summed E-state index contributed by atoms with van der Waals surface area (Å²) >= 11 is 7.35. The normalized spacial score (nSPS) is 10.6. The molecule has 124 valence electrons. The van der Waals surface area contributed by atoms with Crippen molar-refractivity contribution in [2.24, 2.45) is 0 Å². The van der Waals surface area contributed by atoms with E-state index in [0.717, 1.165) is 17.1 Å². The maximum atomic E-state index is 5.91. The van der Waals surface area contributed by atoms with Crippen LogP contribution in [0.25, 0.3) is 11.5 Å². The van der Waals surface area contributed by atoms with Crippen LogP contribution in [0.4, 0.5) is 0 Å². The van der Waals surface area contributed by atoms with Gasteiger partial charge in [-0.2, -0.15) is 0 Å². The molecule has 0 aliphatic rings. The molecule has 0 aliphatic carbocycles. The summed E-state index contributed by atoms with van der Waals surface area (Å²) in [6.45, 7) is 0.519. The summed E-state index contributed by atoms with van der Waals surface area (Å²) in [5.41, 5.74) is 0.852. The Morgan fingerprint density at radius 1 is 1.08 bits per heavy atom. The predicted molar refractivity (Wildman–Crippen MR) is 94.0 cm³/mol. The fourth-order valence-corrected chi connectivity index (χ4v) is 2.72. The van der Waals surface area contributed by atoms with Crippen LogP contribution in [0.15, 0.2) is 58.2 Å². The van der Waals surface area contributed by atoms with Crippen LogP contribution in [0, 0.1) is 0 Å². The van der Waals surface area contributed by atoms with Crippen LogP contribution >= 0.6 is 23.4 Å². The van der Waals surface area contributed by atoms with Crippen LogP contribution in [0.3, 0.4) is 0 Å². The average molecular weight is 363 g/mol. The van der Waals surface area contributed by atoms with Gasteiger partial charge < -0.3 is 13.9 Å². The van der Waals surface area contributed by atoms with Crippen LogP contribution < -0.4 is 9.47 Å². The van der Waals surface area contributed by atoms with Crippen LogP contribution in [-0.2, 0) is 0 Å². The number of methoxy groups -OCH3 is 1. The highest BCUT2D eigenvalue weighted by Gasteiger charge is 2.09. The summed E-state index contributed by atoms with van der Waals surface area (Å²) in [7, 11) is 1.63. The first kappa shape index (κ1) is 16.7. The van der Waals surface area contributed by atoms with Crippen molar-refractivity contribution in [1.29, 1.82) is 0 Å². The highest BCUT2D eigenvalue weighted by Crippen LogP contribution is 2.25. The van der Waals surface area contributed by atoms with Gasteiger partial charge in [-0.25, -0.2) is 0 Å². The van der Waals surface area contributed by atoms with E-state index in [4.69, 9.17) is 25.5 Å². The minimum atomic E-state index is 0.482. The molecule has 5 nitrogen and oxygen atoms in total. The molecule has 24 heavy (non-hydrogen) atoms. The predicted octanol–water partition coefficient (Wildman–Crippen LogP) is 4.57. The smallest absolute Gasteiger partial charge is 0.276 e. The van der Waals surface area contributed by atoms with E-state index < -0.39 is 0 Å². The number of hydrogen-bond acceptors (Lipinski definition) is 6. The molecule has 0 N–H and O–H groups in total. The highest BCUT2D eigenvalue weighted by molar-refractivity contribution is 7.99. The summed E-state index contributed by atoms with van der Waals surface area (Å²) in [5.74, 6) is 2.70. The lowest BCUT2D eigenvalue weighted by molar-refractivity contribution is 0.343. The Morgan fingerprint density at radius 3 is 2.67 bits per heavy atom. The van der Waals surface area contributed by atoms with Crippen LogP contribution in [0.5, 0.6) is 11.5 Å². The molecule has 0 atom stereocenters. The number of rotatable bonds is 7. The van der Waals surface area contributed by atoms with E-state index in [1.807, 2.05) is 42.5 Å². The average Bonchev–Trinajstić information content (AvgIpc) is 3.08. The van der Waals surface area contributed by atoms with Crippen molar-refractivity contribution in [2.75, 3.05) is 19.5 Å². The van der Waals surface area contributed by atoms with Crippen molar-refractivity contribution in [3.05, 3.63) is 53.6 Å². The zero-order valence-electron chi connectivity index (χ0n) is 12.9. The minimum absolute atomic E-state index is 0.482. The summed E-state index contributed by atoms with van der Waals surface area (Å²) in [6, 6.07) is 14.8. The van der Waals surface area contributed by atoms with Gasteiger partial charge in [0.1, 0.15) is 11.5 Å². The van der Waals surface area contributed by atoms with Gasteiger partial charge in [0.25, 0.3) is 5.22 Å². The molecule has 0 radical (unpaired) electrons. The second-order valence-corrected chi connectivity index (χ2v) is 6.24. The molecule has 0 saturated carbocycles. The standard InChI is InChI=1S/C17H15ClN2O3S/c1-21-14-7-5-12(6-8-14)16-19-20-17(23-16)24-10-9-22-15-4-2-3-13(18)11-15/h2-8,11H,9-10H2,1H3. The lowest BCUT2D eigenvalue weighted by atomic mass is 10.2. The fraction of sp³-hybridized carbons (Fsp3) is 0.176. The van der Waals surface area contributed by atoms with E-state index in [1.165, 1.54) is 11.8 Å². The molecule has 0 bridgehead atoms. The third-order valence-electron chi connectivity index (χ3n) is 3.12. The van der Waals surface area contributed by atoms with E-state index in [1.54, 1.807) is 13.2 Å². The maximum absolute atomic E-state index is 5.91. The number of halogens is 1. The Bertz CT molecular complexity index is 793. The quantitative estimate of drug-likeness (QED) is 0.453. The molecular weight excluding hydrogens is 348 g/mol. The third kappa shape index (κ3) is 4.43. The SMILES string of the molecule is COc1ccc(-c2nnc(SCCOc3cccc(Cl)c3)o2)cc1. The van der Waals surface area contributed by atoms with Crippen molar-refractivity contribution in [1.82, 2.24) is 10.2 Å². The van der Waals surface area contributed by atoms with Gasteiger partial charge in [-0.05, 0) is 42.5 Å². The van der Waals surface area contributed by atoms with E-state index >= 15 is 0 Å². The first-order chi connectivity index (χ1) is 11.7. The third-order valence-corrected chi connectivity index (χ3v) is 4.13. The van der Waals surface area contributed by atoms with E-state index in [9.17, 15) is 0 Å². The lowest BCUT2D eigenvalue weighted by Crippen LogP contribution is -1.99.